The summed E-state index contributed by atoms with van der Waals surface area (Å²) in [5.41, 5.74) is 7.49. The summed E-state index contributed by atoms with van der Waals surface area (Å²) >= 11 is 0. The van der Waals surface area contributed by atoms with Crippen LogP contribution >= 0.6 is 0 Å². The van der Waals surface area contributed by atoms with E-state index >= 15 is 0 Å². The highest BCUT2D eigenvalue weighted by molar-refractivity contribution is 5.92. The van der Waals surface area contributed by atoms with E-state index in [-0.39, 0.29) is 12.5 Å². The average Bonchev–Trinajstić information content (AvgIpc) is 2.48. The monoisotopic (exact) mass is 293 g/mol. The summed E-state index contributed by atoms with van der Waals surface area (Å²) in [5, 5.41) is 0. The molecule has 21 heavy (non-hydrogen) atoms. The second kappa shape index (κ2) is 7.52. The summed E-state index contributed by atoms with van der Waals surface area (Å²) in [6, 6.07) is 4.88. The number of nitrogens with zero attached hydrogens (tertiary/aromatic N) is 2. The van der Waals surface area contributed by atoms with E-state index in [1.165, 1.54) is 7.11 Å². The second-order valence-corrected chi connectivity index (χ2v) is 4.69. The van der Waals surface area contributed by atoms with Crippen LogP contribution in [-0.4, -0.2) is 50.6 Å². The number of amides is 1. The van der Waals surface area contributed by atoms with Gasteiger partial charge in [-0.3, -0.25) is 4.79 Å². The molecule has 6 heteroatoms. The molecular weight excluding hydrogens is 270 g/mol. The molecule has 0 saturated carbocycles. The third kappa shape index (κ3) is 4.11. The molecule has 0 aromatic heterocycles. The summed E-state index contributed by atoms with van der Waals surface area (Å²) in [6.45, 7) is 5.42. The predicted molar refractivity (Wildman–Crippen MR) is 83.4 cm³/mol. The minimum absolute atomic E-state index is 0.0189. The van der Waals surface area contributed by atoms with Crippen molar-refractivity contribution in [3.8, 4) is 0 Å². The van der Waals surface area contributed by atoms with Gasteiger partial charge in [-0.05, 0) is 32.0 Å². The van der Waals surface area contributed by atoms with Crippen molar-refractivity contribution in [3.05, 3.63) is 23.8 Å². The highest BCUT2D eigenvalue weighted by Gasteiger charge is 2.16. The first-order valence-electron chi connectivity index (χ1n) is 6.91. The molecule has 0 atom stereocenters. The van der Waals surface area contributed by atoms with E-state index in [2.05, 4.69) is 0 Å². The van der Waals surface area contributed by atoms with Gasteiger partial charge in [0, 0.05) is 20.1 Å². The summed E-state index contributed by atoms with van der Waals surface area (Å²) in [6.07, 6.45) is 0. The lowest BCUT2D eigenvalue weighted by Crippen LogP contribution is -2.39. The number of likely N-dealkylation sites (N-methyl/N-ethyl adjacent to an activating group) is 2. The van der Waals surface area contributed by atoms with Crippen molar-refractivity contribution in [1.82, 2.24) is 4.90 Å². The molecule has 0 fully saturated rings. The fourth-order valence-electron chi connectivity index (χ4n) is 2.08. The molecule has 0 aliphatic carbocycles. The van der Waals surface area contributed by atoms with E-state index < -0.39 is 5.97 Å². The van der Waals surface area contributed by atoms with Gasteiger partial charge in [-0.2, -0.15) is 0 Å². The van der Waals surface area contributed by atoms with E-state index in [9.17, 15) is 9.59 Å². The standard InChI is InChI=1S/C15H23N3O3/c1-5-18(6-2)14(19)10-17(3)13-9-11(15(20)21-4)7-8-12(13)16/h7-9H,5-6,10,16H2,1-4H3. The molecule has 0 aliphatic heterocycles. The molecule has 0 heterocycles. The third-order valence-electron chi connectivity index (χ3n) is 3.35. The molecule has 0 unspecified atom stereocenters. The molecule has 1 amide bonds. The minimum atomic E-state index is -0.431. The molecule has 1 rings (SSSR count). The number of nitrogens with two attached hydrogens (primary N) is 1. The first-order valence-corrected chi connectivity index (χ1v) is 6.91. The number of rotatable bonds is 6. The number of ether oxygens (including phenoxy) is 1. The third-order valence-corrected chi connectivity index (χ3v) is 3.35. The molecule has 6 nitrogen and oxygen atoms in total. The largest absolute Gasteiger partial charge is 0.465 e. The van der Waals surface area contributed by atoms with Gasteiger partial charge in [0.05, 0.1) is 30.6 Å². The van der Waals surface area contributed by atoms with Crippen molar-refractivity contribution in [2.45, 2.75) is 13.8 Å². The van der Waals surface area contributed by atoms with Gasteiger partial charge in [0.25, 0.3) is 0 Å². The van der Waals surface area contributed by atoms with E-state index in [1.807, 2.05) is 13.8 Å². The van der Waals surface area contributed by atoms with Gasteiger partial charge in [0.1, 0.15) is 0 Å². The highest BCUT2D eigenvalue weighted by Crippen LogP contribution is 2.24. The number of esters is 1. The molecule has 0 radical (unpaired) electrons. The summed E-state index contributed by atoms with van der Waals surface area (Å²) < 4.78 is 4.69. The zero-order valence-corrected chi connectivity index (χ0v) is 13.0. The maximum absolute atomic E-state index is 12.1. The van der Waals surface area contributed by atoms with Crippen LogP contribution in [0.25, 0.3) is 0 Å². The van der Waals surface area contributed by atoms with Gasteiger partial charge < -0.3 is 20.3 Å². The number of hydrogen-bond acceptors (Lipinski definition) is 5. The normalized spacial score (nSPS) is 10.1. The fourth-order valence-corrected chi connectivity index (χ4v) is 2.08. The lowest BCUT2D eigenvalue weighted by molar-refractivity contribution is -0.129. The molecular formula is C15H23N3O3. The van der Waals surface area contributed by atoms with Gasteiger partial charge >= 0.3 is 5.97 Å². The smallest absolute Gasteiger partial charge is 0.337 e. The molecule has 0 spiro atoms. The van der Waals surface area contributed by atoms with Gasteiger partial charge in [-0.15, -0.1) is 0 Å². The van der Waals surface area contributed by atoms with Crippen LogP contribution in [0.1, 0.15) is 24.2 Å². The van der Waals surface area contributed by atoms with Gasteiger partial charge in [-0.1, -0.05) is 0 Å². The topological polar surface area (TPSA) is 75.9 Å². The Kier molecular flexibility index (Phi) is 6.02. The van der Waals surface area contributed by atoms with E-state index in [0.29, 0.717) is 30.0 Å². The van der Waals surface area contributed by atoms with Crippen LogP contribution in [0.3, 0.4) is 0 Å². The van der Waals surface area contributed by atoms with Crippen molar-refractivity contribution < 1.29 is 14.3 Å². The fraction of sp³-hybridized carbons (Fsp3) is 0.467. The Morgan fingerprint density at radius 3 is 2.38 bits per heavy atom. The van der Waals surface area contributed by atoms with E-state index in [0.717, 1.165) is 0 Å². The van der Waals surface area contributed by atoms with Crippen LogP contribution in [0.5, 0.6) is 0 Å². The number of methoxy groups -OCH3 is 1. The SMILES string of the molecule is CCN(CC)C(=O)CN(C)c1cc(C(=O)OC)ccc1N. The van der Waals surface area contributed by atoms with Crippen molar-refractivity contribution in [2.75, 3.05) is 44.4 Å². The van der Waals surface area contributed by atoms with Crippen molar-refractivity contribution in [3.63, 3.8) is 0 Å². The first-order chi connectivity index (χ1) is 9.94. The van der Waals surface area contributed by atoms with Crippen molar-refractivity contribution in [2.24, 2.45) is 0 Å². The highest BCUT2D eigenvalue weighted by atomic mass is 16.5. The minimum Gasteiger partial charge on any atom is -0.465 e. The molecule has 2 N–H and O–H groups in total. The number of benzene rings is 1. The van der Waals surface area contributed by atoms with Crippen LogP contribution in [0, 0.1) is 0 Å². The Bertz CT molecular complexity index is 513. The number of anilines is 2. The van der Waals surface area contributed by atoms with Crippen LogP contribution < -0.4 is 10.6 Å². The molecule has 0 bridgehead atoms. The Hall–Kier alpha value is -2.24. The Labute approximate surface area is 125 Å². The second-order valence-electron chi connectivity index (χ2n) is 4.69. The zero-order valence-electron chi connectivity index (χ0n) is 13.0. The van der Waals surface area contributed by atoms with Crippen LogP contribution in [0.15, 0.2) is 18.2 Å². The van der Waals surface area contributed by atoms with Crippen LogP contribution in [0.2, 0.25) is 0 Å². The van der Waals surface area contributed by atoms with Crippen molar-refractivity contribution in [1.29, 1.82) is 0 Å². The Balaban J connectivity index is 2.93. The van der Waals surface area contributed by atoms with E-state index in [1.54, 1.807) is 35.0 Å². The first kappa shape index (κ1) is 16.8. The maximum atomic E-state index is 12.1. The lowest BCUT2D eigenvalue weighted by atomic mass is 10.1. The molecule has 0 saturated heterocycles. The van der Waals surface area contributed by atoms with Gasteiger partial charge in [0.2, 0.25) is 5.91 Å². The van der Waals surface area contributed by atoms with Crippen LogP contribution in [0.4, 0.5) is 11.4 Å². The maximum Gasteiger partial charge on any atom is 0.337 e. The number of hydrogen-bond donors (Lipinski definition) is 1. The average molecular weight is 293 g/mol. The zero-order chi connectivity index (χ0) is 16.0. The van der Waals surface area contributed by atoms with Crippen molar-refractivity contribution >= 4 is 23.3 Å². The van der Waals surface area contributed by atoms with Gasteiger partial charge in [0.15, 0.2) is 0 Å². The quantitative estimate of drug-likeness (QED) is 0.633. The summed E-state index contributed by atoms with van der Waals surface area (Å²) in [7, 11) is 3.10. The summed E-state index contributed by atoms with van der Waals surface area (Å²) in [4.78, 5) is 27.2. The molecule has 0 aliphatic rings. The van der Waals surface area contributed by atoms with Crippen LogP contribution in [-0.2, 0) is 9.53 Å². The number of carbonyl (C=O) groups excluding carboxylic acids is 2. The lowest BCUT2D eigenvalue weighted by Gasteiger charge is -2.25. The van der Waals surface area contributed by atoms with E-state index in [4.69, 9.17) is 10.5 Å². The molecule has 116 valence electrons. The number of nitrogen functional groups attached to an aromatic ring is 1. The molecule has 1 aromatic rings. The summed E-state index contributed by atoms with van der Waals surface area (Å²) in [5.74, 6) is -0.412. The number of carbonyl (C=O) groups is 2. The van der Waals surface area contributed by atoms with Gasteiger partial charge in [-0.25, -0.2) is 4.79 Å². The Morgan fingerprint density at radius 2 is 1.86 bits per heavy atom. The predicted octanol–water partition coefficient (Wildman–Crippen LogP) is 1.36. The Morgan fingerprint density at radius 1 is 1.24 bits per heavy atom. The molecule has 1 aromatic carbocycles.